The van der Waals surface area contributed by atoms with Crippen molar-refractivity contribution in [3.8, 4) is 33.4 Å². The largest absolute Gasteiger partial charge is 0.309 e. The Balaban J connectivity index is 1.20. The van der Waals surface area contributed by atoms with Gasteiger partial charge in [0, 0.05) is 27.5 Å². The van der Waals surface area contributed by atoms with Crippen LogP contribution in [0.4, 0.5) is 17.1 Å². The molecule has 0 atom stereocenters. The molecule has 0 heterocycles. The van der Waals surface area contributed by atoms with E-state index in [2.05, 4.69) is 196 Å². The Labute approximate surface area is 364 Å². The van der Waals surface area contributed by atoms with Crippen LogP contribution in [0.15, 0.2) is 164 Å². The summed E-state index contributed by atoms with van der Waals surface area (Å²) in [5.74, 6) is 0. The molecule has 62 heavy (non-hydrogen) atoms. The summed E-state index contributed by atoms with van der Waals surface area (Å²) in [6.07, 6.45) is 6.01. The molecule has 1 heteroatoms. The van der Waals surface area contributed by atoms with Gasteiger partial charge in [0.2, 0.25) is 0 Å². The fraction of sp³-hybridized carbons (Fsp3) is 0.180. The summed E-state index contributed by atoms with van der Waals surface area (Å²) in [4.78, 5) is 2.68. The third-order valence-electron chi connectivity index (χ3n) is 15.4. The molecule has 0 spiro atoms. The molecule has 10 aromatic carbocycles. The van der Waals surface area contributed by atoms with Crippen molar-refractivity contribution in [2.75, 3.05) is 4.90 Å². The van der Waals surface area contributed by atoms with Gasteiger partial charge in [-0.3, -0.25) is 0 Å². The Bertz CT molecular complexity index is 3500. The van der Waals surface area contributed by atoms with Crippen molar-refractivity contribution in [1.29, 1.82) is 0 Å². The second-order valence-corrected chi connectivity index (χ2v) is 19.4. The summed E-state index contributed by atoms with van der Waals surface area (Å²) in [5, 5.41) is 10.5. The van der Waals surface area contributed by atoms with E-state index < -0.39 is 0 Å². The van der Waals surface area contributed by atoms with Crippen molar-refractivity contribution >= 4 is 60.2 Å². The Hall–Kier alpha value is -6.70. The molecular formula is C61H49N. The number of fused-ring (bicyclic) bond motifs is 9. The second kappa shape index (κ2) is 12.9. The van der Waals surface area contributed by atoms with Crippen LogP contribution in [0.2, 0.25) is 0 Å². The van der Waals surface area contributed by atoms with Gasteiger partial charge in [0.05, 0.1) is 11.4 Å². The first kappa shape index (κ1) is 36.0. The molecule has 10 aromatic rings. The molecule has 0 saturated carbocycles. The normalized spacial score (nSPS) is 15.7. The summed E-state index contributed by atoms with van der Waals surface area (Å²) in [6.45, 7) is 9.68. The molecule has 0 aromatic heterocycles. The maximum Gasteiger partial charge on any atom is 0.0547 e. The Morgan fingerprint density at radius 3 is 1.73 bits per heavy atom. The third kappa shape index (κ3) is 4.85. The maximum atomic E-state index is 2.68. The van der Waals surface area contributed by atoms with Crippen LogP contribution in [0.25, 0.3) is 76.5 Å². The zero-order chi connectivity index (χ0) is 41.5. The van der Waals surface area contributed by atoms with Crippen LogP contribution in [0.3, 0.4) is 0 Å². The van der Waals surface area contributed by atoms with Gasteiger partial charge in [-0.2, -0.15) is 0 Å². The van der Waals surface area contributed by atoms with E-state index in [-0.39, 0.29) is 10.8 Å². The lowest BCUT2D eigenvalue weighted by atomic mass is 9.81. The van der Waals surface area contributed by atoms with Gasteiger partial charge in [0.1, 0.15) is 0 Å². The Morgan fingerprint density at radius 1 is 0.371 bits per heavy atom. The van der Waals surface area contributed by atoms with Gasteiger partial charge in [-0.05, 0) is 155 Å². The summed E-state index contributed by atoms with van der Waals surface area (Å²) < 4.78 is 0. The standard InChI is InChI=1S/C61H49N/c1-60(2)51-28-10-8-22-43(51)45-32-31-40(34-53(45)60)62(55-33-30-39-20-14-26-47-46-25-13-18-38-19-15-27-48(57(38)46)59(55)58(39)47)56-36-54-49(44-23-9-11-29-52(44)61(54,3)4)35-50(56)42-24-12-17-37-16-6-5-7-21-41(37)42/h8-15,17-20,22-36H,5-7,16,21H2,1-4H3. The van der Waals surface area contributed by atoms with Gasteiger partial charge in [0.25, 0.3) is 0 Å². The number of aryl methyl sites for hydroxylation is 1. The first-order valence-corrected chi connectivity index (χ1v) is 22.8. The van der Waals surface area contributed by atoms with E-state index in [0.29, 0.717) is 0 Å². The fourth-order valence-corrected chi connectivity index (χ4v) is 12.4. The molecule has 3 aliphatic carbocycles. The molecule has 0 N–H and O–H groups in total. The minimum absolute atomic E-state index is 0.149. The van der Waals surface area contributed by atoms with E-state index in [1.807, 2.05) is 0 Å². The highest BCUT2D eigenvalue weighted by molar-refractivity contribution is 6.35. The first-order chi connectivity index (χ1) is 30.3. The average Bonchev–Trinajstić information content (AvgIpc) is 3.49. The monoisotopic (exact) mass is 795 g/mol. The van der Waals surface area contributed by atoms with Crippen molar-refractivity contribution < 1.29 is 0 Å². The van der Waals surface area contributed by atoms with Crippen LogP contribution in [0.1, 0.15) is 80.3 Å². The van der Waals surface area contributed by atoms with Gasteiger partial charge in [-0.15, -0.1) is 0 Å². The number of hydrogen-bond acceptors (Lipinski definition) is 1. The lowest BCUT2D eigenvalue weighted by Gasteiger charge is -2.33. The molecule has 0 amide bonds. The zero-order valence-electron chi connectivity index (χ0n) is 36.1. The van der Waals surface area contributed by atoms with Crippen molar-refractivity contribution in [1.82, 2.24) is 0 Å². The van der Waals surface area contributed by atoms with Crippen LogP contribution in [-0.4, -0.2) is 0 Å². The smallest absolute Gasteiger partial charge is 0.0547 e. The van der Waals surface area contributed by atoms with E-state index in [1.54, 1.807) is 0 Å². The van der Waals surface area contributed by atoms with Gasteiger partial charge in [-0.25, -0.2) is 0 Å². The summed E-state index contributed by atoms with van der Waals surface area (Å²) in [6, 6.07) is 63.4. The van der Waals surface area contributed by atoms with Crippen LogP contribution in [0.5, 0.6) is 0 Å². The number of benzene rings is 10. The minimum atomic E-state index is -0.171. The lowest BCUT2D eigenvalue weighted by molar-refractivity contribution is 0.660. The van der Waals surface area contributed by atoms with E-state index in [1.165, 1.54) is 146 Å². The summed E-state index contributed by atoms with van der Waals surface area (Å²) >= 11 is 0. The van der Waals surface area contributed by atoms with Crippen LogP contribution in [0, 0.1) is 0 Å². The maximum absolute atomic E-state index is 2.68. The van der Waals surface area contributed by atoms with Crippen LogP contribution >= 0.6 is 0 Å². The summed E-state index contributed by atoms with van der Waals surface area (Å²) in [7, 11) is 0. The molecule has 0 unspecified atom stereocenters. The van der Waals surface area contributed by atoms with Gasteiger partial charge in [0.15, 0.2) is 0 Å². The molecule has 13 rings (SSSR count). The second-order valence-electron chi connectivity index (χ2n) is 19.4. The van der Waals surface area contributed by atoms with E-state index >= 15 is 0 Å². The van der Waals surface area contributed by atoms with E-state index in [4.69, 9.17) is 0 Å². The molecule has 0 aliphatic heterocycles. The number of anilines is 3. The minimum Gasteiger partial charge on any atom is -0.309 e. The SMILES string of the molecule is CC1(C)c2ccccc2-c2ccc(N(c3cc4c(cc3-c3cccc5c3CCCCC5)-c3ccccc3C4(C)C)c3ccc4cccc5c6cccc7cccc(c3c45)c76)cc21. The Morgan fingerprint density at radius 2 is 0.968 bits per heavy atom. The fourth-order valence-electron chi connectivity index (χ4n) is 12.4. The van der Waals surface area contributed by atoms with Gasteiger partial charge < -0.3 is 4.90 Å². The van der Waals surface area contributed by atoms with Gasteiger partial charge in [-0.1, -0.05) is 168 Å². The molecule has 0 radical (unpaired) electrons. The molecule has 0 bridgehead atoms. The number of hydrogen-bond donors (Lipinski definition) is 0. The molecule has 0 fully saturated rings. The van der Waals surface area contributed by atoms with Crippen molar-refractivity contribution in [3.63, 3.8) is 0 Å². The lowest BCUT2D eigenvalue weighted by Crippen LogP contribution is -2.19. The first-order valence-electron chi connectivity index (χ1n) is 22.8. The van der Waals surface area contributed by atoms with Crippen LogP contribution < -0.4 is 4.90 Å². The molecule has 3 aliphatic rings. The quantitative estimate of drug-likeness (QED) is 0.0974. The van der Waals surface area contributed by atoms with Crippen molar-refractivity contribution in [2.24, 2.45) is 0 Å². The highest BCUT2D eigenvalue weighted by Gasteiger charge is 2.39. The number of rotatable bonds is 4. The van der Waals surface area contributed by atoms with E-state index in [0.717, 1.165) is 12.8 Å². The number of nitrogens with zero attached hydrogens (tertiary/aromatic N) is 1. The topological polar surface area (TPSA) is 3.24 Å². The average molecular weight is 796 g/mol. The highest BCUT2D eigenvalue weighted by atomic mass is 15.1. The van der Waals surface area contributed by atoms with Crippen molar-refractivity contribution in [2.45, 2.75) is 70.6 Å². The molecule has 0 saturated heterocycles. The predicted molar refractivity (Wildman–Crippen MR) is 264 cm³/mol. The molecule has 298 valence electrons. The zero-order valence-corrected chi connectivity index (χ0v) is 36.1. The summed E-state index contributed by atoms with van der Waals surface area (Å²) in [5.41, 5.74) is 20.1. The van der Waals surface area contributed by atoms with Crippen LogP contribution in [-0.2, 0) is 23.7 Å². The highest BCUT2D eigenvalue weighted by Crippen LogP contribution is 2.57. The predicted octanol–water partition coefficient (Wildman–Crippen LogP) is 16.8. The van der Waals surface area contributed by atoms with E-state index in [9.17, 15) is 0 Å². The molecule has 1 nitrogen and oxygen atoms in total. The van der Waals surface area contributed by atoms with Gasteiger partial charge >= 0.3 is 0 Å². The molecular weight excluding hydrogens is 747 g/mol. The third-order valence-corrected chi connectivity index (χ3v) is 15.4. The van der Waals surface area contributed by atoms with Crippen molar-refractivity contribution in [3.05, 3.63) is 197 Å². The Kier molecular flexibility index (Phi) is 7.50.